The van der Waals surface area contributed by atoms with Gasteiger partial charge < -0.3 is 19.9 Å². The largest absolute Gasteiger partial charge is 0.416 e. The Hall–Kier alpha value is -1.90. The fraction of sp³-hybridized carbons (Fsp3) is 0.600. The molecule has 1 aromatic carbocycles. The van der Waals surface area contributed by atoms with Crippen LogP contribution in [0.3, 0.4) is 0 Å². The Morgan fingerprint density at radius 3 is 2.58 bits per heavy atom. The van der Waals surface area contributed by atoms with Gasteiger partial charge >= 0.3 is 6.18 Å². The Morgan fingerprint density at radius 1 is 1.12 bits per heavy atom. The van der Waals surface area contributed by atoms with Crippen LogP contribution in [0.2, 0.25) is 0 Å². The summed E-state index contributed by atoms with van der Waals surface area (Å²) in [4.78, 5) is 4.34. The quantitative estimate of drug-likeness (QED) is 0.578. The molecule has 4 nitrogen and oxygen atoms in total. The molecule has 2 heterocycles. The topological polar surface area (TPSA) is 27.7 Å². The lowest BCUT2D eigenvalue weighted by molar-refractivity contribution is -0.138. The van der Waals surface area contributed by atoms with Crippen molar-refractivity contribution in [3.63, 3.8) is 0 Å². The van der Waals surface area contributed by atoms with Gasteiger partial charge in [0, 0.05) is 48.8 Å². The second kappa shape index (κ2) is 9.76. The molecular formula is C25H33F4N3O. The molecular weight excluding hydrogens is 434 g/mol. The molecule has 1 fully saturated rings. The average molecular weight is 468 g/mol. The van der Waals surface area contributed by atoms with Crippen LogP contribution in [-0.4, -0.2) is 62.7 Å². The van der Waals surface area contributed by atoms with Crippen molar-refractivity contribution in [2.24, 2.45) is 11.8 Å². The Labute approximate surface area is 193 Å². The summed E-state index contributed by atoms with van der Waals surface area (Å²) in [6.07, 6.45) is 2.33. The van der Waals surface area contributed by atoms with Gasteiger partial charge in [0.1, 0.15) is 5.83 Å². The highest BCUT2D eigenvalue weighted by atomic mass is 19.4. The van der Waals surface area contributed by atoms with Crippen LogP contribution in [0.4, 0.5) is 23.2 Å². The third kappa shape index (κ3) is 5.61. The number of anilines is 1. The van der Waals surface area contributed by atoms with E-state index in [0.717, 1.165) is 38.5 Å². The number of fused-ring (bicyclic) bond motifs is 3. The molecule has 182 valence electrons. The van der Waals surface area contributed by atoms with E-state index in [2.05, 4.69) is 15.1 Å². The molecule has 33 heavy (non-hydrogen) atoms. The zero-order chi connectivity index (χ0) is 23.8. The summed E-state index contributed by atoms with van der Waals surface area (Å²) in [6, 6.07) is 3.85. The van der Waals surface area contributed by atoms with Crippen LogP contribution in [0.5, 0.6) is 0 Å². The molecule has 3 aliphatic rings. The molecule has 2 aliphatic heterocycles. The monoisotopic (exact) mass is 467 g/mol. The van der Waals surface area contributed by atoms with Gasteiger partial charge in [-0.05, 0) is 70.8 Å². The normalized spacial score (nSPS) is 29.5. The number of alkyl halides is 3. The van der Waals surface area contributed by atoms with Gasteiger partial charge in [0.15, 0.2) is 0 Å². The molecule has 4 rings (SSSR count). The summed E-state index contributed by atoms with van der Waals surface area (Å²) in [7, 11) is 6.11. The van der Waals surface area contributed by atoms with Gasteiger partial charge in [-0.1, -0.05) is 6.08 Å². The first-order valence-electron chi connectivity index (χ1n) is 11.6. The SMILES string of the molecule is CN(C)CCN(C)C[C@H]1CC[C@@H]2[C@H](O1)c1cc(C(F)(F)F)ccc1N[C@H]2C1C=CC(F)=CC1. The minimum absolute atomic E-state index is 0.0211. The third-order valence-corrected chi connectivity index (χ3v) is 7.01. The fourth-order valence-electron chi connectivity index (χ4n) is 5.22. The maximum absolute atomic E-state index is 13.6. The number of benzene rings is 1. The van der Waals surface area contributed by atoms with Crippen molar-refractivity contribution >= 4 is 5.69 Å². The highest BCUT2D eigenvalue weighted by Gasteiger charge is 2.45. The van der Waals surface area contributed by atoms with Gasteiger partial charge in [0.05, 0.1) is 17.8 Å². The van der Waals surface area contributed by atoms with Crippen LogP contribution in [0.1, 0.15) is 36.5 Å². The van der Waals surface area contributed by atoms with E-state index < -0.39 is 17.8 Å². The number of ether oxygens (including phenoxy) is 1. The van der Waals surface area contributed by atoms with E-state index in [-0.39, 0.29) is 29.8 Å². The zero-order valence-corrected chi connectivity index (χ0v) is 19.4. The van der Waals surface area contributed by atoms with E-state index in [9.17, 15) is 17.6 Å². The molecule has 0 saturated carbocycles. The number of likely N-dealkylation sites (N-methyl/N-ethyl adjacent to an activating group) is 2. The summed E-state index contributed by atoms with van der Waals surface area (Å²) >= 11 is 0. The van der Waals surface area contributed by atoms with E-state index in [1.54, 1.807) is 6.08 Å². The molecule has 0 radical (unpaired) electrons. The second-order valence-electron chi connectivity index (χ2n) is 9.80. The minimum atomic E-state index is -4.41. The third-order valence-electron chi connectivity index (χ3n) is 7.01. The van der Waals surface area contributed by atoms with Gasteiger partial charge in [-0.15, -0.1) is 0 Å². The summed E-state index contributed by atoms with van der Waals surface area (Å²) in [5.74, 6) is -0.154. The Bertz CT molecular complexity index is 898. The van der Waals surface area contributed by atoms with Crippen molar-refractivity contribution in [3.8, 4) is 0 Å². The predicted molar refractivity (Wildman–Crippen MR) is 122 cm³/mol. The smallest absolute Gasteiger partial charge is 0.381 e. The highest BCUT2D eigenvalue weighted by Crippen LogP contribution is 2.49. The molecule has 1 aliphatic carbocycles. The summed E-state index contributed by atoms with van der Waals surface area (Å²) < 4.78 is 60.5. The first-order valence-corrected chi connectivity index (χ1v) is 11.6. The number of nitrogens with zero attached hydrogens (tertiary/aromatic N) is 2. The maximum atomic E-state index is 13.6. The molecule has 5 atom stereocenters. The van der Waals surface area contributed by atoms with Crippen molar-refractivity contribution in [2.45, 2.75) is 43.7 Å². The molecule has 1 unspecified atom stereocenters. The number of allylic oxidation sites excluding steroid dienone is 3. The van der Waals surface area contributed by atoms with Gasteiger partial charge in [-0.2, -0.15) is 13.2 Å². The van der Waals surface area contributed by atoms with E-state index in [1.807, 2.05) is 27.2 Å². The molecule has 1 saturated heterocycles. The van der Waals surface area contributed by atoms with E-state index in [4.69, 9.17) is 4.74 Å². The van der Waals surface area contributed by atoms with E-state index in [1.165, 1.54) is 18.2 Å². The van der Waals surface area contributed by atoms with Crippen LogP contribution >= 0.6 is 0 Å². The minimum Gasteiger partial charge on any atom is -0.381 e. The number of hydrogen-bond donors (Lipinski definition) is 1. The Kier molecular flexibility index (Phi) is 7.17. The van der Waals surface area contributed by atoms with Crippen LogP contribution < -0.4 is 5.32 Å². The molecule has 0 bridgehead atoms. The van der Waals surface area contributed by atoms with Crippen molar-refractivity contribution < 1.29 is 22.3 Å². The van der Waals surface area contributed by atoms with Gasteiger partial charge in [0.25, 0.3) is 0 Å². The van der Waals surface area contributed by atoms with Crippen molar-refractivity contribution in [2.75, 3.05) is 46.1 Å². The second-order valence-corrected chi connectivity index (χ2v) is 9.80. The predicted octanol–water partition coefficient (Wildman–Crippen LogP) is 5.26. The zero-order valence-electron chi connectivity index (χ0n) is 19.4. The molecule has 0 spiro atoms. The van der Waals surface area contributed by atoms with Crippen molar-refractivity contribution in [1.29, 1.82) is 0 Å². The van der Waals surface area contributed by atoms with Gasteiger partial charge in [0.2, 0.25) is 0 Å². The standard InChI is InChI=1S/C25H33F4N3O/c1-31(2)12-13-32(3)15-19-9-10-20-23(16-4-7-18(26)8-5-16)30-22-11-6-17(25(27,28)29)14-21(22)24(20)33-19/h4,6-8,11,14,16,19-20,23-24,30H,5,9-10,12-13,15H2,1-3H3/t16?,19-,20+,23+,24+/m1/s1. The Morgan fingerprint density at radius 2 is 1.91 bits per heavy atom. The molecule has 1 aromatic rings. The lowest BCUT2D eigenvalue weighted by Crippen LogP contribution is -2.48. The highest BCUT2D eigenvalue weighted by molar-refractivity contribution is 5.58. The van der Waals surface area contributed by atoms with Crippen LogP contribution in [0.25, 0.3) is 0 Å². The van der Waals surface area contributed by atoms with E-state index >= 15 is 0 Å². The number of hydrogen-bond acceptors (Lipinski definition) is 4. The molecule has 0 amide bonds. The van der Waals surface area contributed by atoms with Crippen LogP contribution in [0, 0.1) is 11.8 Å². The summed E-state index contributed by atoms with van der Waals surface area (Å²) in [6.45, 7) is 2.56. The van der Waals surface area contributed by atoms with Gasteiger partial charge in [-0.25, -0.2) is 4.39 Å². The summed E-state index contributed by atoms with van der Waals surface area (Å²) in [5.41, 5.74) is 0.601. The number of rotatable bonds is 6. The van der Waals surface area contributed by atoms with Crippen LogP contribution in [0.15, 0.2) is 42.3 Å². The average Bonchev–Trinajstić information content (AvgIpc) is 2.77. The molecule has 8 heteroatoms. The van der Waals surface area contributed by atoms with Crippen LogP contribution in [-0.2, 0) is 10.9 Å². The Balaban J connectivity index is 1.58. The lowest BCUT2D eigenvalue weighted by atomic mass is 9.73. The first-order chi connectivity index (χ1) is 15.6. The first kappa shape index (κ1) is 24.2. The van der Waals surface area contributed by atoms with Crippen molar-refractivity contribution in [1.82, 2.24) is 9.80 Å². The van der Waals surface area contributed by atoms with E-state index in [0.29, 0.717) is 17.7 Å². The molecule has 1 N–H and O–H groups in total. The number of nitrogens with one attached hydrogen (secondary N) is 1. The summed E-state index contributed by atoms with van der Waals surface area (Å²) in [5, 5.41) is 3.48. The molecule has 0 aromatic heterocycles. The van der Waals surface area contributed by atoms with Crippen molar-refractivity contribution in [3.05, 3.63) is 53.4 Å². The fourth-order valence-corrected chi connectivity index (χ4v) is 5.22. The maximum Gasteiger partial charge on any atom is 0.416 e. The number of halogens is 4. The van der Waals surface area contributed by atoms with Gasteiger partial charge in [-0.3, -0.25) is 0 Å². The lowest BCUT2D eigenvalue weighted by Gasteiger charge is -2.48.